The van der Waals surface area contributed by atoms with Crippen molar-refractivity contribution in [1.29, 1.82) is 0 Å². The van der Waals surface area contributed by atoms with Crippen LogP contribution >= 0.6 is 0 Å². The van der Waals surface area contributed by atoms with Gasteiger partial charge in [-0.15, -0.1) is 0 Å². The highest BCUT2D eigenvalue weighted by molar-refractivity contribution is 5.93. The van der Waals surface area contributed by atoms with E-state index in [-0.39, 0.29) is 11.8 Å². The molecule has 1 amide bonds. The van der Waals surface area contributed by atoms with Crippen LogP contribution in [0, 0.1) is 5.92 Å². The average molecular weight is 232 g/mol. The number of hydrogen-bond donors (Lipinski definition) is 2. The molecule has 2 aromatic heterocycles. The van der Waals surface area contributed by atoms with Crippen molar-refractivity contribution in [2.45, 2.75) is 26.7 Å². The molecule has 0 aliphatic heterocycles. The van der Waals surface area contributed by atoms with Gasteiger partial charge in [0.05, 0.1) is 23.7 Å². The fourth-order valence-electron chi connectivity index (χ4n) is 1.80. The largest absolute Gasteiger partial charge is 0.343 e. The number of imidazole rings is 1. The van der Waals surface area contributed by atoms with E-state index in [1.165, 1.54) is 0 Å². The van der Waals surface area contributed by atoms with Crippen molar-refractivity contribution in [2.24, 2.45) is 5.92 Å². The van der Waals surface area contributed by atoms with E-state index in [2.05, 4.69) is 20.3 Å². The lowest BCUT2D eigenvalue weighted by Crippen LogP contribution is -2.21. The normalized spacial score (nSPS) is 11.0. The van der Waals surface area contributed by atoms with Crippen molar-refractivity contribution in [2.75, 3.05) is 5.32 Å². The van der Waals surface area contributed by atoms with Crippen molar-refractivity contribution < 1.29 is 4.79 Å². The minimum absolute atomic E-state index is 0.0515. The monoisotopic (exact) mass is 232 g/mol. The van der Waals surface area contributed by atoms with Gasteiger partial charge in [0.2, 0.25) is 5.91 Å². The SMILES string of the molecule is CCC(CC)C(=O)Nc1cnc2nc[nH]c2c1. The minimum Gasteiger partial charge on any atom is -0.343 e. The van der Waals surface area contributed by atoms with Crippen LogP contribution < -0.4 is 5.32 Å². The second kappa shape index (κ2) is 4.95. The van der Waals surface area contributed by atoms with Crippen LogP contribution in [0.25, 0.3) is 11.2 Å². The van der Waals surface area contributed by atoms with Gasteiger partial charge in [0, 0.05) is 5.92 Å². The van der Waals surface area contributed by atoms with Crippen LogP contribution in [0.4, 0.5) is 5.69 Å². The van der Waals surface area contributed by atoms with Crippen molar-refractivity contribution in [3.8, 4) is 0 Å². The maximum absolute atomic E-state index is 11.9. The van der Waals surface area contributed by atoms with Crippen LogP contribution in [0.5, 0.6) is 0 Å². The molecule has 0 saturated heterocycles. The summed E-state index contributed by atoms with van der Waals surface area (Å²) in [5, 5.41) is 2.88. The molecular formula is C12H16N4O. The summed E-state index contributed by atoms with van der Waals surface area (Å²) in [6.07, 6.45) is 4.91. The van der Waals surface area contributed by atoms with Gasteiger partial charge in [-0.05, 0) is 18.9 Å². The zero-order valence-electron chi connectivity index (χ0n) is 10.0. The number of amides is 1. The van der Waals surface area contributed by atoms with Crippen LogP contribution in [-0.2, 0) is 4.79 Å². The highest BCUT2D eigenvalue weighted by Crippen LogP contribution is 2.15. The molecule has 0 fully saturated rings. The first-order chi connectivity index (χ1) is 8.24. The third-order valence-electron chi connectivity index (χ3n) is 2.90. The molecule has 0 aliphatic carbocycles. The maximum Gasteiger partial charge on any atom is 0.227 e. The summed E-state index contributed by atoms with van der Waals surface area (Å²) in [6.45, 7) is 4.04. The molecule has 0 unspecified atom stereocenters. The highest BCUT2D eigenvalue weighted by atomic mass is 16.1. The molecule has 0 saturated carbocycles. The highest BCUT2D eigenvalue weighted by Gasteiger charge is 2.14. The van der Waals surface area contributed by atoms with Crippen LogP contribution in [0.15, 0.2) is 18.6 Å². The van der Waals surface area contributed by atoms with E-state index in [1.807, 2.05) is 19.9 Å². The summed E-state index contributed by atoms with van der Waals surface area (Å²) in [7, 11) is 0. The smallest absolute Gasteiger partial charge is 0.227 e. The van der Waals surface area contributed by atoms with Crippen molar-refractivity contribution >= 4 is 22.8 Å². The molecular weight excluding hydrogens is 216 g/mol. The zero-order valence-corrected chi connectivity index (χ0v) is 10.0. The molecule has 90 valence electrons. The summed E-state index contributed by atoms with van der Waals surface area (Å²) in [5.74, 6) is 0.114. The Bertz CT molecular complexity index is 516. The number of aromatic nitrogens is 3. The number of carbonyl (C=O) groups is 1. The number of carbonyl (C=O) groups excluding carboxylic acids is 1. The van der Waals surface area contributed by atoms with Crippen LogP contribution in [0.3, 0.4) is 0 Å². The summed E-state index contributed by atoms with van der Waals surface area (Å²) in [6, 6.07) is 1.84. The molecule has 0 aromatic carbocycles. The molecule has 17 heavy (non-hydrogen) atoms. The maximum atomic E-state index is 11.9. The van der Waals surface area contributed by atoms with Crippen molar-refractivity contribution in [3.05, 3.63) is 18.6 Å². The molecule has 2 heterocycles. The van der Waals surface area contributed by atoms with E-state index in [0.29, 0.717) is 11.3 Å². The second-order valence-electron chi connectivity index (χ2n) is 4.00. The Morgan fingerprint density at radius 3 is 2.88 bits per heavy atom. The Morgan fingerprint density at radius 2 is 2.18 bits per heavy atom. The van der Waals surface area contributed by atoms with Gasteiger partial charge in [0.25, 0.3) is 0 Å². The number of fused-ring (bicyclic) bond motifs is 1. The fourth-order valence-corrected chi connectivity index (χ4v) is 1.80. The van der Waals surface area contributed by atoms with Gasteiger partial charge in [-0.1, -0.05) is 13.8 Å². The predicted molar refractivity (Wildman–Crippen MR) is 66.6 cm³/mol. The zero-order chi connectivity index (χ0) is 12.3. The summed E-state index contributed by atoms with van der Waals surface area (Å²) in [4.78, 5) is 23.0. The lowest BCUT2D eigenvalue weighted by molar-refractivity contribution is -0.120. The van der Waals surface area contributed by atoms with Gasteiger partial charge < -0.3 is 10.3 Å². The predicted octanol–water partition coefficient (Wildman–Crippen LogP) is 2.33. The van der Waals surface area contributed by atoms with E-state index < -0.39 is 0 Å². The number of aromatic amines is 1. The fraction of sp³-hybridized carbons (Fsp3) is 0.417. The number of pyridine rings is 1. The van der Waals surface area contributed by atoms with Crippen molar-refractivity contribution in [1.82, 2.24) is 15.0 Å². The topological polar surface area (TPSA) is 70.7 Å². The van der Waals surface area contributed by atoms with Gasteiger partial charge in [-0.25, -0.2) is 9.97 Å². The van der Waals surface area contributed by atoms with E-state index >= 15 is 0 Å². The third-order valence-corrected chi connectivity index (χ3v) is 2.90. The van der Waals surface area contributed by atoms with Gasteiger partial charge in [-0.3, -0.25) is 4.79 Å². The van der Waals surface area contributed by atoms with E-state index in [1.54, 1.807) is 12.5 Å². The second-order valence-corrected chi connectivity index (χ2v) is 4.00. The molecule has 0 bridgehead atoms. The lowest BCUT2D eigenvalue weighted by atomic mass is 10.0. The number of rotatable bonds is 4. The molecule has 0 aliphatic rings. The number of nitrogens with zero attached hydrogens (tertiary/aromatic N) is 2. The Hall–Kier alpha value is -1.91. The number of anilines is 1. The van der Waals surface area contributed by atoms with Crippen LogP contribution in [0.2, 0.25) is 0 Å². The average Bonchev–Trinajstić information content (AvgIpc) is 2.77. The Kier molecular flexibility index (Phi) is 3.37. The molecule has 5 nitrogen and oxygen atoms in total. The van der Waals surface area contributed by atoms with E-state index in [0.717, 1.165) is 18.4 Å². The first kappa shape index (κ1) is 11.6. The Labute approximate surface area is 99.7 Å². The van der Waals surface area contributed by atoms with Gasteiger partial charge in [-0.2, -0.15) is 0 Å². The standard InChI is InChI=1S/C12H16N4O/c1-3-8(4-2)12(17)16-9-5-10-11(13-6-9)15-7-14-10/h5-8H,3-4H2,1-2H3,(H,16,17)(H,13,14,15). The molecule has 0 radical (unpaired) electrons. The van der Waals surface area contributed by atoms with Crippen molar-refractivity contribution in [3.63, 3.8) is 0 Å². The van der Waals surface area contributed by atoms with Gasteiger partial charge in [0.1, 0.15) is 0 Å². The molecule has 0 atom stereocenters. The number of H-pyrrole nitrogens is 1. The first-order valence-electron chi connectivity index (χ1n) is 5.84. The molecule has 0 spiro atoms. The third kappa shape index (κ3) is 2.43. The minimum atomic E-state index is 0.0515. The number of hydrogen-bond acceptors (Lipinski definition) is 3. The molecule has 5 heteroatoms. The van der Waals surface area contributed by atoms with E-state index in [4.69, 9.17) is 0 Å². The summed E-state index contributed by atoms with van der Waals surface area (Å²) < 4.78 is 0. The number of nitrogens with one attached hydrogen (secondary N) is 2. The Balaban J connectivity index is 2.14. The van der Waals surface area contributed by atoms with Crippen LogP contribution in [-0.4, -0.2) is 20.9 Å². The quantitative estimate of drug-likeness (QED) is 0.849. The summed E-state index contributed by atoms with van der Waals surface area (Å²) >= 11 is 0. The summed E-state index contributed by atoms with van der Waals surface area (Å²) in [5.41, 5.74) is 2.19. The van der Waals surface area contributed by atoms with E-state index in [9.17, 15) is 4.79 Å². The Morgan fingerprint density at radius 1 is 1.41 bits per heavy atom. The first-order valence-corrected chi connectivity index (χ1v) is 5.84. The molecule has 2 aromatic rings. The molecule has 2 rings (SSSR count). The lowest BCUT2D eigenvalue weighted by Gasteiger charge is -2.12. The van der Waals surface area contributed by atoms with Crippen LogP contribution in [0.1, 0.15) is 26.7 Å². The van der Waals surface area contributed by atoms with Gasteiger partial charge >= 0.3 is 0 Å². The van der Waals surface area contributed by atoms with Gasteiger partial charge in [0.15, 0.2) is 5.65 Å². The molecule has 2 N–H and O–H groups in total.